The van der Waals surface area contributed by atoms with Crippen LogP contribution in [0.25, 0.3) is 0 Å². The zero-order valence-electron chi connectivity index (χ0n) is 33.7. The van der Waals surface area contributed by atoms with Crippen molar-refractivity contribution in [1.82, 2.24) is 20.9 Å². The number of unbranched alkanes of at least 4 members (excludes halogenated alkanes) is 1. The van der Waals surface area contributed by atoms with Crippen LogP contribution in [0.2, 0.25) is 0 Å². The standard InChI is InChI=1S/C40H68N4O9/c1-27(2)30(26-42-36(46)31-14-10-11-15-35(31)52-23-13-12-22-50-8)24-33(43-39(49)53-40(5,6)7)34(45)25-32(28(3)4)37(47)41-18-21-44-19-16-29(17-20-44)38(48)51-9/h10-11,14-15,27-30,32-34,45H,12-13,16-26H2,1-9H3,(H,41,47)(H,42,46)(H,43,49). The molecule has 1 heterocycles. The molecule has 1 fully saturated rings. The van der Waals surface area contributed by atoms with Gasteiger partial charge >= 0.3 is 12.1 Å². The second-order valence-electron chi connectivity index (χ2n) is 15.8. The number of methoxy groups -OCH3 is 2. The van der Waals surface area contributed by atoms with Crippen LogP contribution in [0.5, 0.6) is 5.75 Å². The minimum absolute atomic E-state index is 0.0786. The maximum absolute atomic E-state index is 13.5. The molecule has 3 amide bonds. The van der Waals surface area contributed by atoms with Crippen molar-refractivity contribution in [2.24, 2.45) is 29.6 Å². The van der Waals surface area contributed by atoms with Gasteiger partial charge in [0.25, 0.3) is 5.91 Å². The summed E-state index contributed by atoms with van der Waals surface area (Å²) < 4.78 is 21.5. The Morgan fingerprint density at radius 3 is 2.19 bits per heavy atom. The molecule has 0 spiro atoms. The molecule has 1 saturated heterocycles. The van der Waals surface area contributed by atoms with Gasteiger partial charge in [-0.05, 0) is 102 Å². The number of hydrogen-bond donors (Lipinski definition) is 4. The fourth-order valence-corrected chi connectivity index (χ4v) is 6.45. The van der Waals surface area contributed by atoms with Crippen LogP contribution < -0.4 is 20.7 Å². The molecule has 0 aromatic heterocycles. The van der Waals surface area contributed by atoms with Gasteiger partial charge in [-0.15, -0.1) is 0 Å². The monoisotopic (exact) mass is 748 g/mol. The molecule has 0 saturated carbocycles. The van der Waals surface area contributed by atoms with Gasteiger partial charge in [0.05, 0.1) is 37.3 Å². The first kappa shape index (κ1) is 45.7. The van der Waals surface area contributed by atoms with E-state index in [1.165, 1.54) is 7.11 Å². The number of carbonyl (C=O) groups excluding carboxylic acids is 4. The number of amides is 3. The summed E-state index contributed by atoms with van der Waals surface area (Å²) in [5.41, 5.74) is -0.319. The Balaban J connectivity index is 2.10. The molecule has 4 atom stereocenters. The summed E-state index contributed by atoms with van der Waals surface area (Å²) >= 11 is 0. The third-order valence-corrected chi connectivity index (χ3v) is 9.81. The largest absolute Gasteiger partial charge is 0.493 e. The number of benzene rings is 1. The Hall–Kier alpha value is -3.42. The maximum Gasteiger partial charge on any atom is 0.407 e. The normalized spacial score (nSPS) is 16.4. The number of alkyl carbamates (subject to hydrolysis) is 1. The van der Waals surface area contributed by atoms with E-state index in [1.807, 2.05) is 33.8 Å². The van der Waals surface area contributed by atoms with Gasteiger partial charge in [-0.2, -0.15) is 0 Å². The van der Waals surface area contributed by atoms with Gasteiger partial charge in [0, 0.05) is 39.3 Å². The Bertz CT molecular complexity index is 1260. The van der Waals surface area contributed by atoms with Crippen molar-refractivity contribution in [2.75, 3.05) is 60.2 Å². The van der Waals surface area contributed by atoms with Gasteiger partial charge in [0.2, 0.25) is 5.91 Å². The zero-order valence-corrected chi connectivity index (χ0v) is 33.7. The lowest BCUT2D eigenvalue weighted by Gasteiger charge is -2.33. The third-order valence-electron chi connectivity index (χ3n) is 9.81. The Kier molecular flexibility index (Phi) is 20.2. The Morgan fingerprint density at radius 1 is 0.925 bits per heavy atom. The van der Waals surface area contributed by atoms with E-state index in [4.69, 9.17) is 18.9 Å². The summed E-state index contributed by atoms with van der Waals surface area (Å²) in [6, 6.07) is 6.38. The third kappa shape index (κ3) is 17.1. The highest BCUT2D eigenvalue weighted by molar-refractivity contribution is 5.96. The second-order valence-corrected chi connectivity index (χ2v) is 15.8. The molecule has 4 N–H and O–H groups in total. The number of aliphatic hydroxyl groups excluding tert-OH is 1. The van der Waals surface area contributed by atoms with Crippen LogP contribution in [0.3, 0.4) is 0 Å². The van der Waals surface area contributed by atoms with E-state index in [1.54, 1.807) is 46.1 Å². The molecule has 0 aliphatic carbocycles. The van der Waals surface area contributed by atoms with Gasteiger partial charge in [0.1, 0.15) is 11.4 Å². The second kappa shape index (κ2) is 23.4. The molecule has 302 valence electrons. The van der Waals surface area contributed by atoms with Gasteiger partial charge in [-0.25, -0.2) is 4.79 Å². The quantitative estimate of drug-likeness (QED) is 0.0957. The van der Waals surface area contributed by atoms with Gasteiger partial charge < -0.3 is 44.9 Å². The Labute approximate surface area is 317 Å². The fraction of sp³-hybridized carbons (Fsp3) is 0.750. The van der Waals surface area contributed by atoms with E-state index in [2.05, 4.69) is 20.9 Å². The summed E-state index contributed by atoms with van der Waals surface area (Å²) in [6.07, 6.45) is 1.84. The van der Waals surface area contributed by atoms with Crippen molar-refractivity contribution in [2.45, 2.75) is 105 Å². The lowest BCUT2D eigenvalue weighted by molar-refractivity contribution is -0.147. The van der Waals surface area contributed by atoms with Crippen molar-refractivity contribution in [3.8, 4) is 5.75 Å². The maximum atomic E-state index is 13.5. The van der Waals surface area contributed by atoms with Gasteiger partial charge in [-0.1, -0.05) is 39.8 Å². The molecule has 1 aromatic carbocycles. The predicted octanol–water partition coefficient (Wildman–Crippen LogP) is 4.80. The number of hydrogen-bond acceptors (Lipinski definition) is 10. The van der Waals surface area contributed by atoms with Crippen LogP contribution in [0, 0.1) is 29.6 Å². The first-order valence-electron chi connectivity index (χ1n) is 19.3. The highest BCUT2D eigenvalue weighted by Crippen LogP contribution is 2.26. The predicted molar refractivity (Wildman–Crippen MR) is 205 cm³/mol. The average Bonchev–Trinajstić information content (AvgIpc) is 3.10. The minimum atomic E-state index is -1.07. The van der Waals surface area contributed by atoms with Crippen LogP contribution in [0.4, 0.5) is 4.79 Å². The number of nitrogens with zero attached hydrogens (tertiary/aromatic N) is 1. The number of piperidine rings is 1. The van der Waals surface area contributed by atoms with E-state index >= 15 is 0 Å². The molecule has 0 radical (unpaired) electrons. The summed E-state index contributed by atoms with van der Waals surface area (Å²) in [4.78, 5) is 54.0. The smallest absolute Gasteiger partial charge is 0.407 e. The van der Waals surface area contributed by atoms with E-state index in [0.717, 1.165) is 38.8 Å². The topological polar surface area (TPSA) is 165 Å². The number of para-hydroxylation sites is 1. The number of ether oxygens (including phenoxy) is 4. The summed E-state index contributed by atoms with van der Waals surface area (Å²) in [5, 5.41) is 20.7. The van der Waals surface area contributed by atoms with Crippen LogP contribution in [0.15, 0.2) is 24.3 Å². The summed E-state index contributed by atoms with van der Waals surface area (Å²) in [5.74, 6) is -0.821. The van der Waals surface area contributed by atoms with E-state index < -0.39 is 29.8 Å². The van der Waals surface area contributed by atoms with E-state index in [0.29, 0.717) is 50.6 Å². The SMILES string of the molecule is COCCCCOc1ccccc1C(=O)NCC(CC(NC(=O)OC(C)(C)C)C(O)CC(C(=O)NCCN1CCC(C(=O)OC)CC1)C(C)C)C(C)C. The first-order chi connectivity index (χ1) is 25.1. The zero-order chi connectivity index (χ0) is 39.6. The van der Waals surface area contributed by atoms with Crippen LogP contribution in [-0.4, -0.2) is 112 Å². The molecule has 13 heteroatoms. The highest BCUT2D eigenvalue weighted by atomic mass is 16.6. The molecule has 0 bridgehead atoms. The van der Waals surface area contributed by atoms with Crippen LogP contribution in [0.1, 0.15) is 97.3 Å². The van der Waals surface area contributed by atoms with E-state index in [-0.39, 0.29) is 47.9 Å². The lowest BCUT2D eigenvalue weighted by atomic mass is 9.82. The van der Waals surface area contributed by atoms with E-state index in [9.17, 15) is 24.3 Å². The lowest BCUT2D eigenvalue weighted by Crippen LogP contribution is -2.49. The van der Waals surface area contributed by atoms with Crippen molar-refractivity contribution in [3.05, 3.63) is 29.8 Å². The molecule has 1 aromatic rings. The summed E-state index contributed by atoms with van der Waals surface area (Å²) in [7, 11) is 3.07. The first-order valence-corrected chi connectivity index (χ1v) is 19.3. The molecule has 13 nitrogen and oxygen atoms in total. The number of likely N-dealkylation sites (tertiary alicyclic amines) is 1. The van der Waals surface area contributed by atoms with Crippen LogP contribution >= 0.6 is 0 Å². The average molecular weight is 749 g/mol. The fourth-order valence-electron chi connectivity index (χ4n) is 6.45. The Morgan fingerprint density at radius 2 is 1.58 bits per heavy atom. The van der Waals surface area contributed by atoms with Gasteiger partial charge in [-0.3, -0.25) is 14.4 Å². The molecule has 4 unspecified atom stereocenters. The number of nitrogens with one attached hydrogen (secondary N) is 3. The van der Waals surface area contributed by atoms with Crippen molar-refractivity contribution >= 4 is 23.9 Å². The molecule has 53 heavy (non-hydrogen) atoms. The number of aliphatic hydroxyl groups is 1. The molecule has 1 aliphatic heterocycles. The minimum Gasteiger partial charge on any atom is -0.493 e. The van der Waals surface area contributed by atoms with Crippen LogP contribution in [-0.2, 0) is 23.8 Å². The number of esters is 1. The highest BCUT2D eigenvalue weighted by Gasteiger charge is 2.34. The molecule has 2 rings (SSSR count). The summed E-state index contributed by atoms with van der Waals surface area (Å²) in [6.45, 7) is 17.3. The number of rotatable bonds is 22. The van der Waals surface area contributed by atoms with Crippen molar-refractivity contribution in [1.29, 1.82) is 0 Å². The molecular formula is C40H68N4O9. The molecule has 1 aliphatic rings. The number of carbonyl (C=O) groups is 4. The van der Waals surface area contributed by atoms with Gasteiger partial charge in [0.15, 0.2) is 0 Å². The molecular weight excluding hydrogens is 680 g/mol. The van der Waals surface area contributed by atoms with Crippen molar-refractivity contribution < 1.29 is 43.2 Å². The van der Waals surface area contributed by atoms with Crippen molar-refractivity contribution in [3.63, 3.8) is 0 Å².